The van der Waals surface area contributed by atoms with E-state index in [0.717, 1.165) is 11.2 Å². The number of nitrogens with one attached hydrogen (secondary N) is 2. The van der Waals surface area contributed by atoms with Crippen molar-refractivity contribution in [1.29, 1.82) is 0 Å². The Morgan fingerprint density at radius 1 is 1.30 bits per heavy atom. The van der Waals surface area contributed by atoms with Crippen LogP contribution in [0.2, 0.25) is 0 Å². The summed E-state index contributed by atoms with van der Waals surface area (Å²) in [6.07, 6.45) is 1.52. The highest BCUT2D eigenvalue weighted by molar-refractivity contribution is 7.87. The van der Waals surface area contributed by atoms with Crippen molar-refractivity contribution in [2.45, 2.75) is 31.9 Å². The highest BCUT2D eigenvalue weighted by atomic mass is 32.2. The Balaban J connectivity index is 1.54. The van der Waals surface area contributed by atoms with Crippen LogP contribution in [0, 0.1) is 18.7 Å². The van der Waals surface area contributed by atoms with E-state index >= 15 is 8.78 Å². The number of carbonyl (C=O) groups is 2. The number of likely N-dealkylation sites (tertiary alicyclic amines) is 1. The molecule has 214 valence electrons. The Bertz CT molecular complexity index is 1530. The van der Waals surface area contributed by atoms with Gasteiger partial charge >= 0.3 is 16.2 Å². The Morgan fingerprint density at radius 3 is 2.70 bits per heavy atom. The summed E-state index contributed by atoms with van der Waals surface area (Å²) in [5.41, 5.74) is 0.295. The summed E-state index contributed by atoms with van der Waals surface area (Å²) >= 11 is 1.22. The molecule has 11 nitrogen and oxygen atoms in total. The number of nitrogens with zero attached hydrogens (tertiary/aromatic N) is 4. The molecule has 40 heavy (non-hydrogen) atoms. The minimum atomic E-state index is -4.33. The van der Waals surface area contributed by atoms with E-state index < -0.39 is 64.9 Å². The van der Waals surface area contributed by atoms with Crippen LogP contribution in [0.25, 0.3) is 0 Å². The number of amidine groups is 1. The fraction of sp³-hybridized carbons (Fsp3) is 0.417. The molecule has 0 unspecified atom stereocenters. The van der Waals surface area contributed by atoms with Crippen LogP contribution in [-0.2, 0) is 19.8 Å². The zero-order chi connectivity index (χ0) is 29.0. The van der Waals surface area contributed by atoms with E-state index in [-0.39, 0.29) is 35.8 Å². The Kier molecular flexibility index (Phi) is 7.22. The number of halogens is 3. The van der Waals surface area contributed by atoms with Gasteiger partial charge in [0.15, 0.2) is 10.8 Å². The molecule has 0 aliphatic carbocycles. The van der Waals surface area contributed by atoms with E-state index in [9.17, 15) is 27.5 Å². The average molecular weight is 599 g/mol. The lowest BCUT2D eigenvalue weighted by molar-refractivity contribution is -0.133. The molecular weight excluding hydrogens is 573 g/mol. The van der Waals surface area contributed by atoms with Gasteiger partial charge in [-0.2, -0.15) is 12.7 Å². The summed E-state index contributed by atoms with van der Waals surface area (Å²) in [5.74, 6) is -7.23. The predicted octanol–water partition coefficient (Wildman–Crippen LogP) is 1.65. The molecule has 2 fully saturated rings. The van der Waals surface area contributed by atoms with Crippen LogP contribution in [0.3, 0.4) is 0 Å². The maximum absolute atomic E-state index is 15.1. The number of carbonyl (C=O) groups excluding carboxylic acids is 1. The number of amides is 1. The van der Waals surface area contributed by atoms with Gasteiger partial charge in [-0.05, 0) is 24.1 Å². The summed E-state index contributed by atoms with van der Waals surface area (Å²) in [5, 5.41) is 15.3. The topological polar surface area (TPSA) is 144 Å². The molecule has 2 saturated heterocycles. The number of hydrogen-bond donors (Lipinski definition) is 3. The monoisotopic (exact) mass is 598 g/mol. The largest absolute Gasteiger partial charge is 0.478 e. The lowest BCUT2D eigenvalue weighted by atomic mass is 9.92. The molecule has 2 aromatic rings. The normalized spacial score (nSPS) is 24.9. The van der Waals surface area contributed by atoms with Crippen molar-refractivity contribution in [3.8, 4) is 0 Å². The first kappa shape index (κ1) is 28.2. The highest BCUT2D eigenvalue weighted by Crippen LogP contribution is 2.44. The molecule has 3 aliphatic rings. The van der Waals surface area contributed by atoms with E-state index in [0.29, 0.717) is 10.6 Å². The molecule has 3 aliphatic heterocycles. The number of carboxylic acid groups (broad SMARTS) is 1. The second-order valence-corrected chi connectivity index (χ2v) is 12.4. The number of thiazole rings is 1. The first-order valence-corrected chi connectivity index (χ1v) is 14.5. The molecular formula is C24H25F3N6O5S2. The molecule has 1 aromatic heterocycles. The van der Waals surface area contributed by atoms with E-state index in [1.54, 1.807) is 16.2 Å². The van der Waals surface area contributed by atoms with Crippen LogP contribution in [0.4, 0.5) is 13.2 Å². The third-order valence-corrected chi connectivity index (χ3v) is 9.55. The standard InChI is InChI=1S/C24H25F3N6O5S2/c1-12-14(4-3-5-16(12)25)20-19(23(35)36)17(29-21(30-20)22-28-6-7-39-22)9-32-11-24(26,27)15-8-33(10-18(15)32)40(37,38)31-13(2)34/h3-7,15,18,20H,8-11H2,1-2H3,(H,29,30)(H,31,34)(H,35,36)/t15-,18+,20+/m1/s1. The van der Waals surface area contributed by atoms with Gasteiger partial charge in [0.25, 0.3) is 5.92 Å². The quantitative estimate of drug-likeness (QED) is 0.437. The van der Waals surface area contributed by atoms with E-state index in [1.807, 2.05) is 0 Å². The third-order valence-electron chi connectivity index (χ3n) is 7.25. The zero-order valence-corrected chi connectivity index (χ0v) is 22.9. The number of aromatic nitrogens is 1. The molecule has 1 aromatic carbocycles. The van der Waals surface area contributed by atoms with Gasteiger partial charge in [-0.3, -0.25) is 14.7 Å². The zero-order valence-electron chi connectivity index (χ0n) is 21.3. The average Bonchev–Trinajstić information content (AvgIpc) is 3.59. The number of rotatable bonds is 7. The summed E-state index contributed by atoms with van der Waals surface area (Å²) in [7, 11) is -4.33. The van der Waals surface area contributed by atoms with Gasteiger partial charge in [-0.25, -0.2) is 27.7 Å². The predicted molar refractivity (Wildman–Crippen MR) is 138 cm³/mol. The molecule has 16 heteroatoms. The van der Waals surface area contributed by atoms with E-state index in [2.05, 4.69) is 15.3 Å². The fourth-order valence-corrected chi connectivity index (χ4v) is 7.21. The smallest absolute Gasteiger partial charge is 0.335 e. The molecule has 1 amide bonds. The number of alkyl halides is 2. The molecule has 4 heterocycles. The van der Waals surface area contributed by atoms with E-state index in [4.69, 9.17) is 0 Å². The molecule has 3 N–H and O–H groups in total. The Hall–Kier alpha value is -3.34. The van der Waals surface area contributed by atoms with Crippen molar-refractivity contribution in [1.82, 2.24) is 24.2 Å². The Morgan fingerprint density at radius 2 is 2.05 bits per heavy atom. The number of hydrogen-bond acceptors (Lipinski definition) is 9. The minimum Gasteiger partial charge on any atom is -0.478 e. The van der Waals surface area contributed by atoms with Gasteiger partial charge in [-0.1, -0.05) is 12.1 Å². The van der Waals surface area contributed by atoms with Crippen molar-refractivity contribution in [2.24, 2.45) is 10.9 Å². The SMILES string of the molecule is CC(=O)NS(=O)(=O)N1C[C@@H]2[C@H](C1)N(CC1=C(C(=O)O)[C@H](c3cccc(F)c3C)N=C(c3nccs3)N1)CC2(F)F. The summed E-state index contributed by atoms with van der Waals surface area (Å²) in [6.45, 7) is 0.634. The van der Waals surface area contributed by atoms with Gasteiger partial charge in [0.05, 0.1) is 18.0 Å². The number of fused-ring (bicyclic) bond motifs is 1. The molecule has 0 spiro atoms. The van der Waals surface area contributed by atoms with Crippen LogP contribution < -0.4 is 10.0 Å². The molecule has 0 radical (unpaired) electrons. The Labute approximate surface area is 231 Å². The minimum absolute atomic E-state index is 0.0565. The first-order valence-electron chi connectivity index (χ1n) is 12.1. The fourth-order valence-electron chi connectivity index (χ4n) is 5.43. The van der Waals surface area contributed by atoms with E-state index in [1.165, 1.54) is 41.5 Å². The van der Waals surface area contributed by atoms with Crippen molar-refractivity contribution in [3.63, 3.8) is 0 Å². The maximum atomic E-state index is 15.1. The lowest BCUT2D eigenvalue weighted by Crippen LogP contribution is -2.46. The van der Waals surface area contributed by atoms with Crippen LogP contribution in [0.1, 0.15) is 29.1 Å². The second kappa shape index (κ2) is 10.2. The number of aliphatic imine (C=N–C) groups is 1. The maximum Gasteiger partial charge on any atom is 0.335 e. The summed E-state index contributed by atoms with van der Waals surface area (Å²) in [6, 6.07) is 2.11. The summed E-state index contributed by atoms with van der Waals surface area (Å²) in [4.78, 5) is 34.0. The second-order valence-electron chi connectivity index (χ2n) is 9.81. The number of benzene rings is 1. The van der Waals surface area contributed by atoms with Gasteiger partial charge in [0, 0.05) is 49.9 Å². The van der Waals surface area contributed by atoms with Gasteiger partial charge in [-0.15, -0.1) is 11.3 Å². The van der Waals surface area contributed by atoms with Crippen molar-refractivity contribution >= 4 is 39.3 Å². The van der Waals surface area contributed by atoms with Crippen LogP contribution in [0.5, 0.6) is 0 Å². The van der Waals surface area contributed by atoms with Gasteiger partial charge in [0.1, 0.15) is 11.9 Å². The van der Waals surface area contributed by atoms with Crippen molar-refractivity contribution in [2.75, 3.05) is 26.2 Å². The first-order chi connectivity index (χ1) is 18.8. The van der Waals surface area contributed by atoms with Crippen LogP contribution in [0.15, 0.2) is 46.0 Å². The third kappa shape index (κ3) is 5.11. The number of carboxylic acids is 1. The molecule has 5 rings (SSSR count). The van der Waals surface area contributed by atoms with Gasteiger partial charge < -0.3 is 10.4 Å². The molecule has 3 atom stereocenters. The van der Waals surface area contributed by atoms with Crippen LogP contribution in [-0.4, -0.2) is 83.6 Å². The highest BCUT2D eigenvalue weighted by Gasteiger charge is 2.59. The van der Waals surface area contributed by atoms with Crippen molar-refractivity contribution < 1.29 is 36.3 Å². The van der Waals surface area contributed by atoms with Gasteiger partial charge in [0.2, 0.25) is 5.91 Å². The molecule has 0 bridgehead atoms. The lowest BCUT2D eigenvalue weighted by Gasteiger charge is -2.31. The summed E-state index contributed by atoms with van der Waals surface area (Å²) < 4.78 is 72.4. The molecule has 0 saturated carbocycles. The number of aliphatic carboxylic acids is 1. The van der Waals surface area contributed by atoms with Crippen molar-refractivity contribution in [3.05, 3.63) is 63.0 Å². The van der Waals surface area contributed by atoms with Crippen LogP contribution >= 0.6 is 11.3 Å².